The minimum absolute atomic E-state index is 0.164. The van der Waals surface area contributed by atoms with E-state index in [1.807, 2.05) is 26.0 Å². The summed E-state index contributed by atoms with van der Waals surface area (Å²) in [4.78, 5) is 21.5. The Labute approximate surface area is 201 Å². The van der Waals surface area contributed by atoms with Crippen LogP contribution in [0.4, 0.5) is 11.5 Å². The summed E-state index contributed by atoms with van der Waals surface area (Å²) in [5, 5.41) is 3.78. The van der Waals surface area contributed by atoms with Crippen LogP contribution in [0.5, 0.6) is 0 Å². The molecule has 0 unspecified atom stereocenters. The van der Waals surface area contributed by atoms with E-state index in [4.69, 9.17) is 16.3 Å². The third-order valence-electron chi connectivity index (χ3n) is 5.30. The molecule has 0 amide bonds. The van der Waals surface area contributed by atoms with Crippen molar-refractivity contribution in [2.45, 2.75) is 26.5 Å². The number of rotatable bonds is 9. The van der Waals surface area contributed by atoms with E-state index >= 15 is 0 Å². The van der Waals surface area contributed by atoms with Crippen LogP contribution >= 0.6 is 11.6 Å². The normalized spacial score (nSPS) is 15.1. The molecule has 6 nitrogen and oxygen atoms in total. The van der Waals surface area contributed by atoms with Crippen LogP contribution in [-0.4, -0.2) is 48.1 Å². The number of anilines is 2. The molecule has 0 aliphatic carbocycles. The highest BCUT2D eigenvalue weighted by molar-refractivity contribution is 6.31. The van der Waals surface area contributed by atoms with Gasteiger partial charge in [-0.25, -0.2) is 9.78 Å². The van der Waals surface area contributed by atoms with E-state index < -0.39 is 0 Å². The number of hydrogen-bond acceptors (Lipinski definition) is 6. The van der Waals surface area contributed by atoms with Gasteiger partial charge in [-0.2, -0.15) is 0 Å². The Morgan fingerprint density at radius 2 is 1.85 bits per heavy atom. The Morgan fingerprint density at radius 3 is 2.45 bits per heavy atom. The van der Waals surface area contributed by atoms with Crippen molar-refractivity contribution >= 4 is 29.1 Å². The molecule has 1 N–H and O–H groups in total. The summed E-state index contributed by atoms with van der Waals surface area (Å²) in [6, 6.07) is 11.8. The van der Waals surface area contributed by atoms with Crippen LogP contribution in [-0.2, 0) is 11.3 Å². The minimum Gasteiger partial charge on any atom is -0.459 e. The van der Waals surface area contributed by atoms with Gasteiger partial charge in [0.2, 0.25) is 0 Å². The van der Waals surface area contributed by atoms with Crippen molar-refractivity contribution in [1.29, 1.82) is 0 Å². The highest BCUT2D eigenvalue weighted by atomic mass is 35.5. The Balaban J connectivity index is 1.58. The first kappa shape index (κ1) is 24.6. The van der Waals surface area contributed by atoms with Gasteiger partial charge in [-0.3, -0.25) is 4.90 Å². The zero-order chi connectivity index (χ0) is 23.8. The van der Waals surface area contributed by atoms with Crippen LogP contribution < -0.4 is 10.2 Å². The van der Waals surface area contributed by atoms with E-state index in [9.17, 15) is 4.79 Å². The second-order valence-corrected chi connectivity index (χ2v) is 8.49. The van der Waals surface area contributed by atoms with Gasteiger partial charge in [-0.1, -0.05) is 36.9 Å². The van der Waals surface area contributed by atoms with Crippen LogP contribution in [0.15, 0.2) is 78.6 Å². The average Bonchev–Trinajstić information content (AvgIpc) is 2.83. The SMILES string of the molecule is C=C/C(Cl)=C(\C=C)Nc1ccc(CN2CCN(c3ncccc3C(=O)OC(C)C)CC2)cc1. The molecule has 1 aromatic carbocycles. The van der Waals surface area contributed by atoms with Crippen LogP contribution in [0.1, 0.15) is 29.8 Å². The summed E-state index contributed by atoms with van der Waals surface area (Å²) >= 11 is 6.13. The van der Waals surface area contributed by atoms with E-state index in [1.54, 1.807) is 30.5 Å². The first-order valence-corrected chi connectivity index (χ1v) is 11.4. The van der Waals surface area contributed by atoms with E-state index in [1.165, 1.54) is 5.56 Å². The molecule has 1 aromatic heterocycles. The zero-order valence-corrected chi connectivity index (χ0v) is 20.0. The Hall–Kier alpha value is -3.09. The van der Waals surface area contributed by atoms with Gasteiger partial charge in [-0.05, 0) is 55.8 Å². The first-order chi connectivity index (χ1) is 15.9. The Morgan fingerprint density at radius 1 is 1.15 bits per heavy atom. The van der Waals surface area contributed by atoms with E-state index in [2.05, 4.69) is 45.4 Å². The number of benzene rings is 1. The molecule has 0 spiro atoms. The number of halogens is 1. The lowest BCUT2D eigenvalue weighted by Crippen LogP contribution is -2.46. The highest BCUT2D eigenvalue weighted by Crippen LogP contribution is 2.22. The second-order valence-electron chi connectivity index (χ2n) is 8.08. The molecular formula is C26H31ClN4O2. The maximum absolute atomic E-state index is 12.5. The van der Waals surface area contributed by atoms with Gasteiger partial charge in [0.15, 0.2) is 0 Å². The molecule has 1 fully saturated rings. The summed E-state index contributed by atoms with van der Waals surface area (Å²) in [6.07, 6.45) is 4.81. The molecule has 1 aliphatic heterocycles. The van der Waals surface area contributed by atoms with Gasteiger partial charge in [0.25, 0.3) is 0 Å². The van der Waals surface area contributed by atoms with E-state index in [0.29, 0.717) is 16.4 Å². The molecule has 2 heterocycles. The summed E-state index contributed by atoms with van der Waals surface area (Å²) < 4.78 is 5.39. The largest absolute Gasteiger partial charge is 0.459 e. The summed E-state index contributed by atoms with van der Waals surface area (Å²) in [6.45, 7) is 15.4. The predicted molar refractivity (Wildman–Crippen MR) is 136 cm³/mol. The third kappa shape index (κ3) is 6.70. The summed E-state index contributed by atoms with van der Waals surface area (Å²) in [5.41, 5.74) is 3.41. The number of hydrogen-bond donors (Lipinski definition) is 1. The molecule has 174 valence electrons. The number of nitrogens with one attached hydrogen (secondary N) is 1. The molecule has 0 atom stereocenters. The number of aromatic nitrogens is 1. The fourth-order valence-electron chi connectivity index (χ4n) is 3.63. The van der Waals surface area contributed by atoms with Crippen molar-refractivity contribution in [2.24, 2.45) is 0 Å². The lowest BCUT2D eigenvalue weighted by Gasteiger charge is -2.36. The van der Waals surface area contributed by atoms with Crippen LogP contribution in [0.25, 0.3) is 0 Å². The van der Waals surface area contributed by atoms with Crippen molar-refractivity contribution in [3.05, 3.63) is 89.8 Å². The molecule has 0 radical (unpaired) electrons. The third-order valence-corrected chi connectivity index (χ3v) is 5.66. The van der Waals surface area contributed by atoms with Crippen LogP contribution in [0, 0.1) is 0 Å². The van der Waals surface area contributed by atoms with E-state index in [-0.39, 0.29) is 12.1 Å². The molecule has 1 saturated heterocycles. The van der Waals surface area contributed by atoms with Gasteiger partial charge in [0.05, 0.1) is 16.8 Å². The standard InChI is InChI=1S/C26H31ClN4O2/c1-5-23(27)24(6-2)29-21-11-9-20(10-12-21)18-30-14-16-31(17-15-30)25-22(8-7-13-28-25)26(32)33-19(3)4/h5-13,19,29H,1-2,14-18H2,3-4H3/b24-23-. The maximum atomic E-state index is 12.5. The van der Waals surface area contributed by atoms with Crippen LogP contribution in [0.3, 0.4) is 0 Å². The fourth-order valence-corrected chi connectivity index (χ4v) is 3.75. The zero-order valence-electron chi connectivity index (χ0n) is 19.3. The number of carbonyl (C=O) groups is 1. The van der Waals surface area contributed by atoms with Crippen molar-refractivity contribution in [1.82, 2.24) is 9.88 Å². The van der Waals surface area contributed by atoms with Crippen molar-refractivity contribution in [2.75, 3.05) is 36.4 Å². The predicted octanol–water partition coefficient (Wildman–Crippen LogP) is 5.20. The number of allylic oxidation sites excluding steroid dienone is 3. The number of carbonyl (C=O) groups excluding carboxylic acids is 1. The monoisotopic (exact) mass is 466 g/mol. The Bertz CT molecular complexity index is 1010. The number of nitrogens with zero attached hydrogens (tertiary/aromatic N) is 3. The molecule has 0 saturated carbocycles. The molecule has 3 rings (SSSR count). The second kappa shape index (κ2) is 11.7. The average molecular weight is 467 g/mol. The van der Waals surface area contributed by atoms with Gasteiger partial charge < -0.3 is 15.0 Å². The van der Waals surface area contributed by atoms with Gasteiger partial charge in [0.1, 0.15) is 11.4 Å². The van der Waals surface area contributed by atoms with Gasteiger partial charge >= 0.3 is 5.97 Å². The van der Waals surface area contributed by atoms with Crippen molar-refractivity contribution in [3.63, 3.8) is 0 Å². The number of esters is 1. The summed E-state index contributed by atoms with van der Waals surface area (Å²) in [7, 11) is 0. The van der Waals surface area contributed by atoms with Gasteiger partial charge in [-0.15, -0.1) is 0 Å². The van der Waals surface area contributed by atoms with Crippen molar-refractivity contribution < 1.29 is 9.53 Å². The molecule has 7 heteroatoms. The topological polar surface area (TPSA) is 57.7 Å². The molecule has 0 bridgehead atoms. The molecule has 33 heavy (non-hydrogen) atoms. The lowest BCUT2D eigenvalue weighted by molar-refractivity contribution is 0.0378. The quantitative estimate of drug-likeness (QED) is 0.404. The van der Waals surface area contributed by atoms with E-state index in [0.717, 1.165) is 44.1 Å². The lowest BCUT2D eigenvalue weighted by atomic mass is 10.1. The van der Waals surface area contributed by atoms with Crippen LogP contribution in [0.2, 0.25) is 0 Å². The molecule has 1 aliphatic rings. The highest BCUT2D eigenvalue weighted by Gasteiger charge is 2.23. The number of ether oxygens (including phenoxy) is 1. The Kier molecular flexibility index (Phi) is 8.69. The summed E-state index contributed by atoms with van der Waals surface area (Å²) in [5.74, 6) is 0.371. The molecular weight excluding hydrogens is 436 g/mol. The maximum Gasteiger partial charge on any atom is 0.342 e. The smallest absolute Gasteiger partial charge is 0.342 e. The minimum atomic E-state index is -0.326. The van der Waals surface area contributed by atoms with Crippen molar-refractivity contribution in [3.8, 4) is 0 Å². The first-order valence-electron chi connectivity index (χ1n) is 11.0. The fraction of sp³-hybridized carbons (Fsp3) is 0.308. The number of pyridine rings is 1. The van der Waals surface area contributed by atoms with Gasteiger partial charge in [0, 0.05) is 44.6 Å². The number of piperazine rings is 1. The molecule has 2 aromatic rings.